The zero-order chi connectivity index (χ0) is 20.1. The lowest BCUT2D eigenvalue weighted by atomic mass is 10.1. The Balaban J connectivity index is 1.62. The first kappa shape index (κ1) is 19.8. The van der Waals surface area contributed by atoms with Crippen LogP contribution in [0.5, 0.6) is 0 Å². The Morgan fingerprint density at radius 3 is 2.32 bits per heavy atom. The molecule has 0 saturated carbocycles. The smallest absolute Gasteiger partial charge is 0.338 e. The van der Waals surface area contributed by atoms with Gasteiger partial charge in [0.15, 0.2) is 6.10 Å². The summed E-state index contributed by atoms with van der Waals surface area (Å²) in [6, 6.07) is 14.9. The molecule has 1 aromatic heterocycles. The number of nitrogens with zero attached hydrogens (tertiary/aromatic N) is 2. The van der Waals surface area contributed by atoms with Crippen molar-refractivity contribution in [3.8, 4) is 11.5 Å². The SMILES string of the molecule is Cc1ccc(-c2nnc([C@@H](C)OC(=O)c3ccc(COC(C)C)cc3)o2)cc1. The maximum absolute atomic E-state index is 12.4. The van der Waals surface area contributed by atoms with Gasteiger partial charge in [-0.2, -0.15) is 0 Å². The van der Waals surface area contributed by atoms with Gasteiger partial charge in [-0.3, -0.25) is 0 Å². The molecule has 28 heavy (non-hydrogen) atoms. The highest BCUT2D eigenvalue weighted by atomic mass is 16.6. The number of ether oxygens (including phenoxy) is 2. The van der Waals surface area contributed by atoms with Crippen molar-refractivity contribution in [3.05, 3.63) is 71.1 Å². The summed E-state index contributed by atoms with van der Waals surface area (Å²) >= 11 is 0. The van der Waals surface area contributed by atoms with Crippen molar-refractivity contribution in [2.45, 2.75) is 46.5 Å². The highest BCUT2D eigenvalue weighted by Crippen LogP contribution is 2.23. The van der Waals surface area contributed by atoms with Gasteiger partial charge in [-0.25, -0.2) is 4.79 Å². The standard InChI is InChI=1S/C22H24N2O4/c1-14(2)26-13-17-7-11-19(12-8-17)22(25)27-16(4)20-23-24-21(28-20)18-9-5-15(3)6-10-18/h5-12,14,16H,13H2,1-4H3/t16-/m1/s1. The normalized spacial score (nSPS) is 12.2. The van der Waals surface area contributed by atoms with E-state index >= 15 is 0 Å². The Hall–Kier alpha value is -2.99. The minimum absolute atomic E-state index is 0.157. The first-order chi connectivity index (χ1) is 13.4. The average Bonchev–Trinajstić information content (AvgIpc) is 3.17. The molecule has 0 unspecified atom stereocenters. The third kappa shape index (κ3) is 5.04. The highest BCUT2D eigenvalue weighted by molar-refractivity contribution is 5.89. The molecule has 0 radical (unpaired) electrons. The van der Waals surface area contributed by atoms with Crippen molar-refractivity contribution in [1.82, 2.24) is 10.2 Å². The van der Waals surface area contributed by atoms with Crippen LogP contribution in [0, 0.1) is 6.92 Å². The summed E-state index contributed by atoms with van der Waals surface area (Å²) in [7, 11) is 0. The van der Waals surface area contributed by atoms with Crippen molar-refractivity contribution >= 4 is 5.97 Å². The third-order valence-corrected chi connectivity index (χ3v) is 4.14. The second-order valence-corrected chi connectivity index (χ2v) is 6.92. The average molecular weight is 380 g/mol. The summed E-state index contributed by atoms with van der Waals surface area (Å²) < 4.78 is 16.7. The van der Waals surface area contributed by atoms with Gasteiger partial charge in [-0.15, -0.1) is 10.2 Å². The Bertz CT molecular complexity index is 914. The van der Waals surface area contributed by atoms with Gasteiger partial charge in [-0.1, -0.05) is 29.8 Å². The van der Waals surface area contributed by atoms with Crippen LogP contribution in [0.2, 0.25) is 0 Å². The molecule has 0 aliphatic rings. The maximum atomic E-state index is 12.4. The Labute approximate surface area is 164 Å². The zero-order valence-electron chi connectivity index (χ0n) is 16.5. The van der Waals surface area contributed by atoms with Crippen LogP contribution in [-0.2, 0) is 16.1 Å². The number of hydrogen-bond donors (Lipinski definition) is 0. The van der Waals surface area contributed by atoms with Gasteiger partial charge in [0.05, 0.1) is 18.3 Å². The van der Waals surface area contributed by atoms with Crippen molar-refractivity contribution in [2.75, 3.05) is 0 Å². The summed E-state index contributed by atoms with van der Waals surface area (Å²) in [4.78, 5) is 12.4. The monoisotopic (exact) mass is 380 g/mol. The zero-order valence-corrected chi connectivity index (χ0v) is 16.5. The second kappa shape index (κ2) is 8.80. The molecule has 0 amide bonds. The summed E-state index contributed by atoms with van der Waals surface area (Å²) in [5, 5.41) is 8.05. The predicted molar refractivity (Wildman–Crippen MR) is 105 cm³/mol. The van der Waals surface area contributed by atoms with Crippen LogP contribution >= 0.6 is 0 Å². The van der Waals surface area contributed by atoms with Gasteiger partial charge >= 0.3 is 5.97 Å². The molecule has 3 rings (SSSR count). The molecule has 0 bridgehead atoms. The van der Waals surface area contributed by atoms with Gasteiger partial charge < -0.3 is 13.9 Å². The number of carbonyl (C=O) groups excluding carboxylic acids is 1. The summed E-state index contributed by atoms with van der Waals surface area (Å²) in [6.07, 6.45) is -0.493. The Kier molecular flexibility index (Phi) is 6.21. The molecule has 1 heterocycles. The third-order valence-electron chi connectivity index (χ3n) is 4.14. The largest absolute Gasteiger partial charge is 0.449 e. The molecule has 0 aliphatic carbocycles. The van der Waals surface area contributed by atoms with Crippen molar-refractivity contribution in [2.24, 2.45) is 0 Å². The molecule has 3 aromatic rings. The number of rotatable bonds is 7. The first-order valence-electron chi connectivity index (χ1n) is 9.24. The minimum Gasteiger partial charge on any atom is -0.449 e. The van der Waals surface area contributed by atoms with E-state index in [9.17, 15) is 4.79 Å². The number of carbonyl (C=O) groups is 1. The molecule has 1 atom stereocenters. The molecule has 2 aromatic carbocycles. The minimum atomic E-state index is -0.650. The maximum Gasteiger partial charge on any atom is 0.338 e. The lowest BCUT2D eigenvalue weighted by molar-refractivity contribution is 0.0279. The fourth-order valence-corrected chi connectivity index (χ4v) is 2.49. The van der Waals surface area contributed by atoms with E-state index in [0.29, 0.717) is 18.1 Å². The van der Waals surface area contributed by atoms with Crippen molar-refractivity contribution < 1.29 is 18.7 Å². The Morgan fingerprint density at radius 2 is 1.68 bits per heavy atom. The fourth-order valence-electron chi connectivity index (χ4n) is 2.49. The number of aryl methyl sites for hydroxylation is 1. The molecule has 0 spiro atoms. The summed E-state index contributed by atoms with van der Waals surface area (Å²) in [5.41, 5.74) is 3.42. The molecule has 0 saturated heterocycles. The van der Waals surface area contributed by atoms with Crippen LogP contribution in [-0.4, -0.2) is 22.3 Å². The molecule has 6 heteroatoms. The molecule has 0 fully saturated rings. The quantitative estimate of drug-likeness (QED) is 0.543. The molecular weight excluding hydrogens is 356 g/mol. The predicted octanol–water partition coefficient (Wildman–Crippen LogP) is 4.89. The first-order valence-corrected chi connectivity index (χ1v) is 9.24. The van der Waals surface area contributed by atoms with Gasteiger partial charge in [0.1, 0.15) is 0 Å². The highest BCUT2D eigenvalue weighted by Gasteiger charge is 2.20. The van der Waals surface area contributed by atoms with Crippen LogP contribution in [0.4, 0.5) is 0 Å². The number of esters is 1. The van der Waals surface area contributed by atoms with E-state index in [4.69, 9.17) is 13.9 Å². The number of benzene rings is 2. The van der Waals surface area contributed by atoms with Crippen molar-refractivity contribution in [3.63, 3.8) is 0 Å². The van der Waals surface area contributed by atoms with Gasteiger partial charge in [-0.05, 0) is 57.5 Å². The van der Waals surface area contributed by atoms with E-state index in [1.54, 1.807) is 19.1 Å². The van der Waals surface area contributed by atoms with E-state index < -0.39 is 12.1 Å². The molecule has 146 valence electrons. The Morgan fingerprint density at radius 1 is 1.00 bits per heavy atom. The fraction of sp³-hybridized carbons (Fsp3) is 0.318. The number of aromatic nitrogens is 2. The molecule has 6 nitrogen and oxygen atoms in total. The topological polar surface area (TPSA) is 74.5 Å². The van der Waals surface area contributed by atoms with E-state index in [1.807, 2.05) is 57.2 Å². The lowest BCUT2D eigenvalue weighted by Gasteiger charge is -2.10. The molecular formula is C22H24N2O4. The van der Waals surface area contributed by atoms with Crippen LogP contribution in [0.1, 0.15) is 54.3 Å². The van der Waals surface area contributed by atoms with E-state index in [2.05, 4.69) is 10.2 Å². The van der Waals surface area contributed by atoms with E-state index in [1.165, 1.54) is 0 Å². The number of hydrogen-bond acceptors (Lipinski definition) is 6. The van der Waals surface area contributed by atoms with Crippen LogP contribution in [0.15, 0.2) is 52.9 Å². The van der Waals surface area contributed by atoms with Crippen LogP contribution in [0.25, 0.3) is 11.5 Å². The van der Waals surface area contributed by atoms with E-state index in [-0.39, 0.29) is 12.0 Å². The summed E-state index contributed by atoms with van der Waals surface area (Å²) in [5.74, 6) is 0.206. The van der Waals surface area contributed by atoms with Crippen LogP contribution in [0.3, 0.4) is 0 Å². The van der Waals surface area contributed by atoms with Gasteiger partial charge in [0.2, 0.25) is 5.89 Å². The van der Waals surface area contributed by atoms with Crippen LogP contribution < -0.4 is 0 Å². The van der Waals surface area contributed by atoms with Gasteiger partial charge in [0.25, 0.3) is 5.89 Å². The van der Waals surface area contributed by atoms with E-state index in [0.717, 1.165) is 16.7 Å². The summed E-state index contributed by atoms with van der Waals surface area (Å²) in [6.45, 7) is 8.18. The van der Waals surface area contributed by atoms with Gasteiger partial charge in [0, 0.05) is 5.56 Å². The van der Waals surface area contributed by atoms with Crippen molar-refractivity contribution in [1.29, 1.82) is 0 Å². The molecule has 0 N–H and O–H groups in total. The second-order valence-electron chi connectivity index (χ2n) is 6.92. The molecule has 0 aliphatic heterocycles. The lowest BCUT2D eigenvalue weighted by Crippen LogP contribution is -2.10.